The molecule has 0 radical (unpaired) electrons. The zero-order chi connectivity index (χ0) is 26.8. The first-order valence-electron chi connectivity index (χ1n) is 11.8. The molecule has 1 aromatic rings. The maximum Gasteiger partial charge on any atom is 0.334 e. The monoisotopic (exact) mass is 504 g/mol. The van der Waals surface area contributed by atoms with E-state index >= 15 is 0 Å². The Hall–Kier alpha value is -3.17. The van der Waals surface area contributed by atoms with Crippen molar-refractivity contribution in [2.75, 3.05) is 21.3 Å². The molecule has 0 saturated heterocycles. The molecule has 0 fully saturated rings. The number of hydrogen-bond donors (Lipinski definition) is 1. The summed E-state index contributed by atoms with van der Waals surface area (Å²) in [5, 5.41) is 10.9. The fourth-order valence-corrected chi connectivity index (χ4v) is 4.36. The first kappa shape index (κ1) is 29.1. The summed E-state index contributed by atoms with van der Waals surface area (Å²) in [6.07, 6.45) is -1.99. The molecular weight excluding hydrogens is 468 g/mol. The Bertz CT molecular complexity index is 964. The van der Waals surface area contributed by atoms with Gasteiger partial charge in [0.25, 0.3) is 0 Å². The third kappa shape index (κ3) is 7.41. The highest BCUT2D eigenvalue weighted by molar-refractivity contribution is 6.01. The van der Waals surface area contributed by atoms with Gasteiger partial charge in [0, 0.05) is 25.7 Å². The van der Waals surface area contributed by atoms with E-state index in [0.29, 0.717) is 24.2 Å². The van der Waals surface area contributed by atoms with Gasteiger partial charge in [0.1, 0.15) is 11.9 Å². The van der Waals surface area contributed by atoms with Crippen molar-refractivity contribution in [1.29, 1.82) is 0 Å². The summed E-state index contributed by atoms with van der Waals surface area (Å²) in [6, 6.07) is 7.26. The molecular formula is C27H36O9. The highest BCUT2D eigenvalue weighted by Crippen LogP contribution is 2.37. The van der Waals surface area contributed by atoms with E-state index in [1.165, 1.54) is 21.1 Å². The van der Waals surface area contributed by atoms with Crippen LogP contribution in [0.5, 0.6) is 5.75 Å². The average molecular weight is 505 g/mol. The van der Waals surface area contributed by atoms with Gasteiger partial charge in [-0.25, -0.2) is 9.59 Å². The maximum atomic E-state index is 13.1. The van der Waals surface area contributed by atoms with Crippen LogP contribution in [0.2, 0.25) is 0 Å². The van der Waals surface area contributed by atoms with Gasteiger partial charge in [0.15, 0.2) is 0 Å². The third-order valence-electron chi connectivity index (χ3n) is 6.15. The highest BCUT2D eigenvalue weighted by atomic mass is 16.6. The van der Waals surface area contributed by atoms with Crippen molar-refractivity contribution in [3.8, 4) is 5.75 Å². The number of benzene rings is 1. The zero-order valence-corrected chi connectivity index (χ0v) is 21.6. The van der Waals surface area contributed by atoms with Gasteiger partial charge in [-0.15, -0.1) is 0 Å². The van der Waals surface area contributed by atoms with Crippen LogP contribution in [-0.2, 0) is 39.9 Å². The van der Waals surface area contributed by atoms with Gasteiger partial charge in [-0.05, 0) is 29.7 Å². The van der Waals surface area contributed by atoms with Crippen molar-refractivity contribution >= 4 is 17.9 Å². The topological polar surface area (TPSA) is 118 Å². The summed E-state index contributed by atoms with van der Waals surface area (Å²) in [5.41, 5.74) is 1.18. The minimum absolute atomic E-state index is 0.0137. The highest BCUT2D eigenvalue weighted by Gasteiger charge is 2.42. The zero-order valence-electron chi connectivity index (χ0n) is 21.6. The van der Waals surface area contributed by atoms with Gasteiger partial charge < -0.3 is 28.8 Å². The average Bonchev–Trinajstić information content (AvgIpc) is 2.91. The number of carbonyl (C=O) groups is 3. The molecule has 1 aliphatic carbocycles. The quantitative estimate of drug-likeness (QED) is 0.307. The van der Waals surface area contributed by atoms with Crippen LogP contribution in [0.3, 0.4) is 0 Å². The second-order valence-corrected chi connectivity index (χ2v) is 8.63. The van der Waals surface area contributed by atoms with E-state index in [0.717, 1.165) is 5.56 Å². The lowest BCUT2D eigenvalue weighted by Crippen LogP contribution is -2.43. The summed E-state index contributed by atoms with van der Waals surface area (Å²) in [4.78, 5) is 38.0. The number of rotatable bonds is 9. The van der Waals surface area contributed by atoms with Gasteiger partial charge in [-0.3, -0.25) is 4.79 Å². The molecule has 0 bridgehead atoms. The normalized spacial score (nSPS) is 24.7. The standard InChI is InChI=1S/C27H36O9/c1-7-8-20-24(27(31)34-6)21(26(30)33-5)13-16(2)22(29)14-23(25(20)36-17(3)28)35-15-18-9-11-19(32-4)12-10-18/h9-12,20,22-23,25,29H,2,7-8,13-15H2,1,3-6H3/b24-21-/t20-,22+,23-,25-/m1/s1. The van der Waals surface area contributed by atoms with Crippen molar-refractivity contribution < 1.29 is 43.2 Å². The lowest BCUT2D eigenvalue weighted by atomic mass is 9.82. The lowest BCUT2D eigenvalue weighted by molar-refractivity contribution is -0.163. The van der Waals surface area contributed by atoms with E-state index in [4.69, 9.17) is 23.7 Å². The molecule has 0 aliphatic heterocycles. The summed E-state index contributed by atoms with van der Waals surface area (Å²) >= 11 is 0. The first-order valence-corrected chi connectivity index (χ1v) is 11.8. The molecule has 198 valence electrons. The molecule has 0 heterocycles. The Labute approximate surface area is 212 Å². The predicted molar refractivity (Wildman–Crippen MR) is 131 cm³/mol. The van der Waals surface area contributed by atoms with Crippen LogP contribution >= 0.6 is 0 Å². The summed E-state index contributed by atoms with van der Waals surface area (Å²) in [5.74, 6) is -2.14. The minimum atomic E-state index is -1.09. The number of aliphatic hydroxyl groups is 1. The van der Waals surface area contributed by atoms with Gasteiger partial charge in [-0.1, -0.05) is 32.1 Å². The predicted octanol–water partition coefficient (Wildman–Crippen LogP) is 3.28. The third-order valence-corrected chi connectivity index (χ3v) is 6.15. The van der Waals surface area contributed by atoms with Crippen LogP contribution in [0, 0.1) is 5.92 Å². The Morgan fingerprint density at radius 2 is 1.69 bits per heavy atom. The molecule has 0 unspecified atom stereocenters. The molecule has 0 saturated carbocycles. The number of esters is 3. The SMILES string of the molecule is C=C1C/C(C(=O)OC)=C(/C(=O)OC)[C@@H](CCC)[C@@H](OC(C)=O)[C@H](OCc2ccc(OC)cc2)C[C@@H]1O. The number of hydrogen-bond acceptors (Lipinski definition) is 9. The number of aliphatic hydroxyl groups excluding tert-OH is 1. The molecule has 0 aromatic heterocycles. The number of ether oxygens (including phenoxy) is 5. The molecule has 2 rings (SSSR count). The molecule has 1 N–H and O–H groups in total. The number of carbonyl (C=O) groups excluding carboxylic acids is 3. The molecule has 9 heteroatoms. The molecule has 0 amide bonds. The molecule has 1 aliphatic rings. The van der Waals surface area contributed by atoms with Crippen molar-refractivity contribution in [3.05, 3.63) is 53.1 Å². The van der Waals surface area contributed by atoms with E-state index in [-0.39, 0.29) is 30.6 Å². The van der Waals surface area contributed by atoms with Gasteiger partial charge in [0.05, 0.1) is 51.3 Å². The molecule has 1 aromatic carbocycles. The van der Waals surface area contributed by atoms with Crippen LogP contribution in [-0.4, -0.2) is 62.7 Å². The van der Waals surface area contributed by atoms with Gasteiger partial charge >= 0.3 is 17.9 Å². The van der Waals surface area contributed by atoms with Crippen molar-refractivity contribution in [3.63, 3.8) is 0 Å². The first-order chi connectivity index (χ1) is 17.2. The van der Waals surface area contributed by atoms with Crippen LogP contribution in [0.1, 0.15) is 45.1 Å². The van der Waals surface area contributed by atoms with Crippen LogP contribution in [0.15, 0.2) is 47.6 Å². The van der Waals surface area contributed by atoms with Crippen LogP contribution < -0.4 is 4.74 Å². The minimum Gasteiger partial charge on any atom is -0.497 e. The second kappa shape index (κ2) is 13.8. The Balaban J connectivity index is 2.63. The van der Waals surface area contributed by atoms with E-state index in [9.17, 15) is 19.5 Å². The molecule has 0 spiro atoms. The summed E-state index contributed by atoms with van der Waals surface area (Å²) in [6.45, 7) is 7.24. The molecule has 9 nitrogen and oxygen atoms in total. The fraction of sp³-hybridized carbons (Fsp3) is 0.519. The van der Waals surface area contributed by atoms with Gasteiger partial charge in [0.2, 0.25) is 0 Å². The van der Waals surface area contributed by atoms with Crippen LogP contribution in [0.25, 0.3) is 0 Å². The molecule has 4 atom stereocenters. The smallest absolute Gasteiger partial charge is 0.334 e. The largest absolute Gasteiger partial charge is 0.497 e. The van der Waals surface area contributed by atoms with Crippen molar-refractivity contribution in [2.45, 2.75) is 64.4 Å². The van der Waals surface area contributed by atoms with Crippen molar-refractivity contribution in [2.24, 2.45) is 5.92 Å². The van der Waals surface area contributed by atoms with E-state index in [2.05, 4.69) is 6.58 Å². The Morgan fingerprint density at radius 3 is 2.22 bits per heavy atom. The van der Waals surface area contributed by atoms with E-state index in [1.54, 1.807) is 19.2 Å². The Kier molecular flexibility index (Phi) is 11.1. The number of methoxy groups -OCH3 is 3. The van der Waals surface area contributed by atoms with Gasteiger partial charge in [-0.2, -0.15) is 0 Å². The van der Waals surface area contributed by atoms with E-state index in [1.807, 2.05) is 19.1 Å². The van der Waals surface area contributed by atoms with E-state index < -0.39 is 42.1 Å². The fourth-order valence-electron chi connectivity index (χ4n) is 4.36. The Morgan fingerprint density at radius 1 is 1.06 bits per heavy atom. The van der Waals surface area contributed by atoms with Crippen molar-refractivity contribution in [1.82, 2.24) is 0 Å². The summed E-state index contributed by atoms with van der Waals surface area (Å²) in [7, 11) is 3.99. The maximum absolute atomic E-state index is 13.1. The van der Waals surface area contributed by atoms with Crippen LogP contribution in [0.4, 0.5) is 0 Å². The summed E-state index contributed by atoms with van der Waals surface area (Å²) < 4.78 is 27.1. The molecule has 36 heavy (non-hydrogen) atoms. The second-order valence-electron chi connectivity index (χ2n) is 8.63. The lowest BCUT2D eigenvalue weighted by Gasteiger charge is -2.34.